The number of hydrogen-bond donors (Lipinski definition) is 1. The Morgan fingerprint density at radius 1 is 1.08 bits per heavy atom. The van der Waals surface area contributed by atoms with E-state index < -0.39 is 4.92 Å². The van der Waals surface area contributed by atoms with Gasteiger partial charge in [-0.1, -0.05) is 42.5 Å². The third-order valence-corrected chi connectivity index (χ3v) is 3.95. The number of rotatable bonds is 9. The van der Waals surface area contributed by atoms with Gasteiger partial charge in [-0.15, -0.1) is 0 Å². The van der Waals surface area contributed by atoms with E-state index in [1.165, 1.54) is 12.1 Å². The lowest BCUT2D eigenvalue weighted by molar-refractivity contribution is -0.384. The standard InChI is InChI=1S/C19H23N3O3/c20-12-5-13-21(15-17-6-2-1-3-7-17)19(23)11-10-16-8-4-9-18(14-16)22(24)25/h1-4,6-9,14H,5,10-13,15,20H2. The molecule has 6 nitrogen and oxygen atoms in total. The Morgan fingerprint density at radius 3 is 2.48 bits per heavy atom. The number of aryl methyl sites for hydroxylation is 1. The molecule has 0 aromatic heterocycles. The summed E-state index contributed by atoms with van der Waals surface area (Å²) >= 11 is 0. The average molecular weight is 341 g/mol. The maximum atomic E-state index is 12.6. The first-order chi connectivity index (χ1) is 12.1. The van der Waals surface area contributed by atoms with Crippen molar-refractivity contribution < 1.29 is 9.72 Å². The van der Waals surface area contributed by atoms with Crippen LogP contribution in [0.4, 0.5) is 5.69 Å². The number of non-ortho nitro benzene ring substituents is 1. The molecule has 2 N–H and O–H groups in total. The van der Waals surface area contributed by atoms with Crippen molar-refractivity contribution in [3.8, 4) is 0 Å². The van der Waals surface area contributed by atoms with Crippen molar-refractivity contribution in [2.75, 3.05) is 13.1 Å². The first-order valence-electron chi connectivity index (χ1n) is 8.35. The lowest BCUT2D eigenvalue weighted by Gasteiger charge is -2.23. The summed E-state index contributed by atoms with van der Waals surface area (Å²) in [5.41, 5.74) is 7.49. The summed E-state index contributed by atoms with van der Waals surface area (Å²) in [7, 11) is 0. The number of nitrogens with zero attached hydrogens (tertiary/aromatic N) is 2. The summed E-state index contributed by atoms with van der Waals surface area (Å²) in [6.07, 6.45) is 1.54. The molecule has 0 saturated heterocycles. The molecule has 132 valence electrons. The molecule has 0 unspecified atom stereocenters. The van der Waals surface area contributed by atoms with Crippen molar-refractivity contribution in [2.45, 2.75) is 25.8 Å². The molecule has 25 heavy (non-hydrogen) atoms. The van der Waals surface area contributed by atoms with Crippen LogP contribution in [0.3, 0.4) is 0 Å². The van der Waals surface area contributed by atoms with Crippen LogP contribution < -0.4 is 5.73 Å². The Bertz CT molecular complexity index is 704. The number of carbonyl (C=O) groups excluding carboxylic acids is 1. The minimum atomic E-state index is -0.422. The van der Waals surface area contributed by atoms with Gasteiger partial charge in [-0.25, -0.2) is 0 Å². The van der Waals surface area contributed by atoms with Gasteiger partial charge in [-0.2, -0.15) is 0 Å². The molecule has 0 heterocycles. The predicted molar refractivity (Wildman–Crippen MR) is 96.9 cm³/mol. The van der Waals surface area contributed by atoms with Gasteiger partial charge in [0.05, 0.1) is 4.92 Å². The van der Waals surface area contributed by atoms with Crippen LogP contribution in [0.5, 0.6) is 0 Å². The van der Waals surface area contributed by atoms with E-state index >= 15 is 0 Å². The van der Waals surface area contributed by atoms with Gasteiger partial charge in [0, 0.05) is 31.6 Å². The molecule has 2 rings (SSSR count). The zero-order valence-electron chi connectivity index (χ0n) is 14.1. The summed E-state index contributed by atoms with van der Waals surface area (Å²) in [4.78, 5) is 24.8. The molecule has 2 aromatic carbocycles. The summed E-state index contributed by atoms with van der Waals surface area (Å²) in [6, 6.07) is 16.2. The molecule has 6 heteroatoms. The Kier molecular flexibility index (Phi) is 7.10. The monoisotopic (exact) mass is 341 g/mol. The molecule has 0 radical (unpaired) electrons. The van der Waals surface area contributed by atoms with Gasteiger partial charge in [-0.05, 0) is 30.5 Å². The highest BCUT2D eigenvalue weighted by molar-refractivity contribution is 5.76. The average Bonchev–Trinajstić information content (AvgIpc) is 2.64. The highest BCUT2D eigenvalue weighted by Gasteiger charge is 2.14. The van der Waals surface area contributed by atoms with Crippen molar-refractivity contribution in [3.05, 3.63) is 75.8 Å². The Labute approximate surface area is 147 Å². The van der Waals surface area contributed by atoms with Crippen molar-refractivity contribution in [3.63, 3.8) is 0 Å². The molecular weight excluding hydrogens is 318 g/mol. The van der Waals surface area contributed by atoms with E-state index in [0.29, 0.717) is 32.5 Å². The van der Waals surface area contributed by atoms with Gasteiger partial charge in [-0.3, -0.25) is 14.9 Å². The van der Waals surface area contributed by atoms with Crippen LogP contribution in [0.1, 0.15) is 24.0 Å². The lowest BCUT2D eigenvalue weighted by Crippen LogP contribution is -2.32. The fourth-order valence-corrected chi connectivity index (χ4v) is 2.61. The minimum absolute atomic E-state index is 0.0313. The van der Waals surface area contributed by atoms with Crippen LogP contribution in [0.2, 0.25) is 0 Å². The predicted octanol–water partition coefficient (Wildman–Crippen LogP) is 2.91. The van der Waals surface area contributed by atoms with E-state index in [0.717, 1.165) is 17.5 Å². The van der Waals surface area contributed by atoms with E-state index in [2.05, 4.69) is 0 Å². The molecule has 0 spiro atoms. The van der Waals surface area contributed by atoms with Crippen LogP contribution >= 0.6 is 0 Å². The van der Waals surface area contributed by atoms with E-state index in [4.69, 9.17) is 5.73 Å². The highest BCUT2D eigenvalue weighted by atomic mass is 16.6. The molecule has 0 aliphatic rings. The topological polar surface area (TPSA) is 89.5 Å². The van der Waals surface area contributed by atoms with Gasteiger partial charge < -0.3 is 10.6 Å². The van der Waals surface area contributed by atoms with Gasteiger partial charge in [0.2, 0.25) is 5.91 Å². The van der Waals surface area contributed by atoms with Gasteiger partial charge in [0.25, 0.3) is 5.69 Å². The second-order valence-corrected chi connectivity index (χ2v) is 5.87. The molecule has 0 bridgehead atoms. The third-order valence-electron chi connectivity index (χ3n) is 3.95. The van der Waals surface area contributed by atoms with Crippen LogP contribution in [0.25, 0.3) is 0 Å². The van der Waals surface area contributed by atoms with Crippen LogP contribution in [0, 0.1) is 10.1 Å². The zero-order chi connectivity index (χ0) is 18.1. The number of benzene rings is 2. The number of nitro benzene ring substituents is 1. The van der Waals surface area contributed by atoms with E-state index in [1.807, 2.05) is 36.4 Å². The zero-order valence-corrected chi connectivity index (χ0v) is 14.1. The normalized spacial score (nSPS) is 10.4. The number of amides is 1. The second kappa shape index (κ2) is 9.54. The molecule has 0 aliphatic carbocycles. The van der Waals surface area contributed by atoms with E-state index in [1.54, 1.807) is 11.0 Å². The minimum Gasteiger partial charge on any atom is -0.338 e. The SMILES string of the molecule is NCCCN(Cc1ccccc1)C(=O)CCc1cccc([N+](=O)[O-])c1. The smallest absolute Gasteiger partial charge is 0.269 e. The van der Waals surface area contributed by atoms with Crippen LogP contribution in [-0.2, 0) is 17.8 Å². The Balaban J connectivity index is 1.98. The number of carbonyl (C=O) groups is 1. The quantitative estimate of drug-likeness (QED) is 0.561. The van der Waals surface area contributed by atoms with Gasteiger partial charge >= 0.3 is 0 Å². The highest BCUT2D eigenvalue weighted by Crippen LogP contribution is 2.15. The van der Waals surface area contributed by atoms with Crippen molar-refractivity contribution >= 4 is 11.6 Å². The van der Waals surface area contributed by atoms with Crippen molar-refractivity contribution in [1.29, 1.82) is 0 Å². The van der Waals surface area contributed by atoms with Crippen molar-refractivity contribution in [1.82, 2.24) is 4.90 Å². The van der Waals surface area contributed by atoms with E-state index in [9.17, 15) is 14.9 Å². The Morgan fingerprint density at radius 2 is 1.80 bits per heavy atom. The second-order valence-electron chi connectivity index (χ2n) is 5.87. The molecule has 0 saturated carbocycles. The summed E-state index contributed by atoms with van der Waals surface area (Å²) < 4.78 is 0. The Hall–Kier alpha value is -2.73. The molecule has 0 aliphatic heterocycles. The largest absolute Gasteiger partial charge is 0.338 e. The summed E-state index contributed by atoms with van der Waals surface area (Å²) in [5.74, 6) is 0.0313. The fourth-order valence-electron chi connectivity index (χ4n) is 2.61. The molecular formula is C19H23N3O3. The van der Waals surface area contributed by atoms with Gasteiger partial charge in [0.15, 0.2) is 0 Å². The molecule has 2 aromatic rings. The third kappa shape index (κ3) is 6.00. The van der Waals surface area contributed by atoms with Gasteiger partial charge in [0.1, 0.15) is 0 Å². The molecule has 0 atom stereocenters. The van der Waals surface area contributed by atoms with Crippen LogP contribution in [-0.4, -0.2) is 28.8 Å². The molecule has 0 fully saturated rings. The van der Waals surface area contributed by atoms with E-state index in [-0.39, 0.29) is 11.6 Å². The van der Waals surface area contributed by atoms with Crippen LogP contribution in [0.15, 0.2) is 54.6 Å². The first-order valence-corrected chi connectivity index (χ1v) is 8.35. The number of hydrogen-bond acceptors (Lipinski definition) is 4. The first kappa shape index (κ1) is 18.6. The maximum absolute atomic E-state index is 12.6. The summed E-state index contributed by atoms with van der Waals surface area (Å²) in [5, 5.41) is 10.8. The lowest BCUT2D eigenvalue weighted by atomic mass is 10.1. The van der Waals surface area contributed by atoms with Crippen molar-refractivity contribution in [2.24, 2.45) is 5.73 Å². The number of nitrogens with two attached hydrogens (primary N) is 1. The maximum Gasteiger partial charge on any atom is 0.269 e. The fraction of sp³-hybridized carbons (Fsp3) is 0.316. The molecule has 1 amide bonds. The number of nitro groups is 1. The summed E-state index contributed by atoms with van der Waals surface area (Å²) in [6.45, 7) is 1.69.